The molecule has 1 heterocycles. The summed E-state index contributed by atoms with van der Waals surface area (Å²) in [5.41, 5.74) is 0.987. The second-order valence-corrected chi connectivity index (χ2v) is 7.12. The van der Waals surface area contributed by atoms with Gasteiger partial charge < -0.3 is 24.8 Å². The number of nitrogens with one attached hydrogen (secondary N) is 2. The zero-order valence-electron chi connectivity index (χ0n) is 17.2. The summed E-state index contributed by atoms with van der Waals surface area (Å²) < 4.78 is 16.7. The van der Waals surface area contributed by atoms with Gasteiger partial charge in [-0.3, -0.25) is 0 Å². The Bertz CT molecular complexity index is 724. The fourth-order valence-electron chi connectivity index (χ4n) is 2.89. The molecule has 0 saturated carbocycles. The summed E-state index contributed by atoms with van der Waals surface area (Å²) in [7, 11) is 0. The standard InChI is InChI=1S/C23H30N2O4.ClH/c26-23(28-18-19-8-4-3-5-9-19)25-14-6-1-2-7-15-27-20-10-12-21(13-11-20)29-22-16-24-17-22;/h3-5,8-13,22,24H,1-2,6-7,14-18H2,(H,25,26);1H. The van der Waals surface area contributed by atoms with Gasteiger partial charge in [-0.2, -0.15) is 0 Å². The molecule has 1 amide bonds. The molecule has 6 nitrogen and oxygen atoms in total. The Morgan fingerprint density at radius 2 is 1.63 bits per heavy atom. The lowest BCUT2D eigenvalue weighted by atomic mass is 10.2. The Balaban J connectivity index is 0.00000320. The van der Waals surface area contributed by atoms with Gasteiger partial charge in [0.15, 0.2) is 0 Å². The lowest BCUT2D eigenvalue weighted by molar-refractivity contribution is 0.139. The van der Waals surface area contributed by atoms with Crippen LogP contribution in [0.15, 0.2) is 54.6 Å². The summed E-state index contributed by atoms with van der Waals surface area (Å²) in [6, 6.07) is 17.5. The van der Waals surface area contributed by atoms with Gasteiger partial charge in [0.1, 0.15) is 24.2 Å². The highest BCUT2D eigenvalue weighted by Gasteiger charge is 2.17. The second kappa shape index (κ2) is 13.7. The van der Waals surface area contributed by atoms with E-state index in [9.17, 15) is 4.79 Å². The number of unbranched alkanes of at least 4 members (excludes halogenated alkanes) is 3. The molecule has 0 bridgehead atoms. The van der Waals surface area contributed by atoms with Crippen LogP contribution in [-0.4, -0.2) is 38.4 Å². The molecule has 1 saturated heterocycles. The predicted octanol–water partition coefficient (Wildman–Crippen LogP) is 4.32. The first kappa shape index (κ1) is 23.8. The smallest absolute Gasteiger partial charge is 0.407 e. The minimum atomic E-state index is -0.363. The van der Waals surface area contributed by atoms with E-state index in [4.69, 9.17) is 14.2 Å². The summed E-state index contributed by atoms with van der Waals surface area (Å²) in [4.78, 5) is 11.6. The van der Waals surface area contributed by atoms with Crippen LogP contribution in [-0.2, 0) is 11.3 Å². The first-order valence-corrected chi connectivity index (χ1v) is 10.3. The monoisotopic (exact) mass is 434 g/mol. The number of ether oxygens (including phenoxy) is 3. The molecule has 0 unspecified atom stereocenters. The van der Waals surface area contributed by atoms with E-state index in [2.05, 4.69) is 10.6 Å². The van der Waals surface area contributed by atoms with Gasteiger partial charge in [-0.05, 0) is 42.7 Å². The van der Waals surface area contributed by atoms with Crippen LogP contribution in [0.5, 0.6) is 11.5 Å². The molecule has 2 aromatic carbocycles. The van der Waals surface area contributed by atoms with Crippen LogP contribution >= 0.6 is 12.4 Å². The van der Waals surface area contributed by atoms with E-state index in [1.165, 1.54) is 0 Å². The Kier molecular flexibility index (Phi) is 10.9. The van der Waals surface area contributed by atoms with Crippen molar-refractivity contribution in [2.45, 2.75) is 38.4 Å². The maximum Gasteiger partial charge on any atom is 0.407 e. The fraction of sp³-hybridized carbons (Fsp3) is 0.435. The highest BCUT2D eigenvalue weighted by molar-refractivity contribution is 5.85. The minimum absolute atomic E-state index is 0. The van der Waals surface area contributed by atoms with Crippen LogP contribution in [0.3, 0.4) is 0 Å². The van der Waals surface area contributed by atoms with E-state index in [0.717, 1.165) is 55.8 Å². The topological polar surface area (TPSA) is 68.8 Å². The van der Waals surface area contributed by atoms with Crippen LogP contribution in [0.1, 0.15) is 31.2 Å². The largest absolute Gasteiger partial charge is 0.494 e. The molecule has 1 aliphatic heterocycles. The normalized spacial score (nSPS) is 12.9. The second-order valence-electron chi connectivity index (χ2n) is 7.12. The predicted molar refractivity (Wildman–Crippen MR) is 120 cm³/mol. The SMILES string of the molecule is Cl.O=C(NCCCCCCOc1ccc(OC2CNC2)cc1)OCc1ccccc1. The van der Waals surface area contributed by atoms with Crippen molar-refractivity contribution in [2.24, 2.45) is 0 Å². The number of amides is 1. The van der Waals surface area contributed by atoms with E-state index >= 15 is 0 Å². The van der Waals surface area contributed by atoms with E-state index in [-0.39, 0.29) is 18.5 Å². The third kappa shape index (κ3) is 8.93. The van der Waals surface area contributed by atoms with Gasteiger partial charge in [0.05, 0.1) is 6.61 Å². The van der Waals surface area contributed by atoms with Gasteiger partial charge in [0, 0.05) is 19.6 Å². The van der Waals surface area contributed by atoms with Crippen molar-refractivity contribution >= 4 is 18.5 Å². The number of hydrogen-bond donors (Lipinski definition) is 2. The van der Waals surface area contributed by atoms with Crippen molar-refractivity contribution in [1.82, 2.24) is 10.6 Å². The Morgan fingerprint density at radius 3 is 2.33 bits per heavy atom. The van der Waals surface area contributed by atoms with Crippen molar-refractivity contribution in [3.63, 3.8) is 0 Å². The van der Waals surface area contributed by atoms with Crippen molar-refractivity contribution in [2.75, 3.05) is 26.2 Å². The van der Waals surface area contributed by atoms with Crippen molar-refractivity contribution in [3.8, 4) is 11.5 Å². The molecule has 0 aromatic heterocycles. The van der Waals surface area contributed by atoms with Gasteiger partial charge in [-0.1, -0.05) is 43.2 Å². The Labute approximate surface area is 184 Å². The molecular formula is C23H31ClN2O4. The summed E-state index contributed by atoms with van der Waals surface area (Å²) in [5.74, 6) is 1.76. The number of hydrogen-bond acceptors (Lipinski definition) is 5. The van der Waals surface area contributed by atoms with E-state index < -0.39 is 0 Å². The number of carbonyl (C=O) groups excluding carboxylic acids is 1. The first-order chi connectivity index (χ1) is 14.3. The maximum atomic E-state index is 11.6. The number of carbonyl (C=O) groups is 1. The van der Waals surface area contributed by atoms with Crippen LogP contribution in [0.2, 0.25) is 0 Å². The Hall–Kier alpha value is -2.44. The molecule has 0 spiro atoms. The van der Waals surface area contributed by atoms with Crippen molar-refractivity contribution in [3.05, 3.63) is 60.2 Å². The number of alkyl carbamates (subject to hydrolysis) is 1. The van der Waals surface area contributed by atoms with E-state index in [1.54, 1.807) is 0 Å². The third-order valence-electron chi connectivity index (χ3n) is 4.69. The molecule has 0 atom stereocenters. The van der Waals surface area contributed by atoms with Crippen LogP contribution in [0, 0.1) is 0 Å². The van der Waals surface area contributed by atoms with E-state index in [0.29, 0.717) is 25.9 Å². The van der Waals surface area contributed by atoms with Crippen LogP contribution < -0.4 is 20.1 Å². The average molecular weight is 435 g/mol. The lowest BCUT2D eigenvalue weighted by Gasteiger charge is -2.27. The Morgan fingerprint density at radius 1 is 0.933 bits per heavy atom. The molecule has 1 aliphatic rings. The van der Waals surface area contributed by atoms with E-state index in [1.807, 2.05) is 54.6 Å². The molecule has 7 heteroatoms. The highest BCUT2D eigenvalue weighted by Crippen LogP contribution is 2.19. The number of rotatable bonds is 12. The summed E-state index contributed by atoms with van der Waals surface area (Å²) >= 11 is 0. The molecule has 3 rings (SSSR count). The molecule has 30 heavy (non-hydrogen) atoms. The third-order valence-corrected chi connectivity index (χ3v) is 4.69. The lowest BCUT2D eigenvalue weighted by Crippen LogP contribution is -2.50. The summed E-state index contributed by atoms with van der Waals surface area (Å²) in [6.45, 7) is 3.46. The number of halogens is 1. The van der Waals surface area contributed by atoms with Gasteiger partial charge in [0.25, 0.3) is 0 Å². The first-order valence-electron chi connectivity index (χ1n) is 10.3. The van der Waals surface area contributed by atoms with Gasteiger partial charge in [-0.25, -0.2) is 4.79 Å². The van der Waals surface area contributed by atoms with Crippen molar-refractivity contribution in [1.29, 1.82) is 0 Å². The zero-order chi connectivity index (χ0) is 20.2. The quantitative estimate of drug-likeness (QED) is 0.487. The molecule has 1 fully saturated rings. The van der Waals surface area contributed by atoms with Gasteiger partial charge in [-0.15, -0.1) is 12.4 Å². The molecule has 2 aromatic rings. The van der Waals surface area contributed by atoms with Crippen molar-refractivity contribution < 1.29 is 19.0 Å². The number of benzene rings is 2. The fourth-order valence-corrected chi connectivity index (χ4v) is 2.89. The minimum Gasteiger partial charge on any atom is -0.494 e. The van der Waals surface area contributed by atoms with Gasteiger partial charge >= 0.3 is 6.09 Å². The average Bonchev–Trinajstić information content (AvgIpc) is 2.73. The summed E-state index contributed by atoms with van der Waals surface area (Å²) in [6.07, 6.45) is 3.97. The van der Waals surface area contributed by atoms with Crippen LogP contribution in [0.4, 0.5) is 4.79 Å². The maximum absolute atomic E-state index is 11.6. The molecule has 0 radical (unpaired) electrons. The molecule has 2 N–H and O–H groups in total. The van der Waals surface area contributed by atoms with Gasteiger partial charge in [0.2, 0.25) is 0 Å². The molecule has 0 aliphatic carbocycles. The summed E-state index contributed by atoms with van der Waals surface area (Å²) in [5, 5.41) is 5.97. The van der Waals surface area contributed by atoms with Crippen LogP contribution in [0.25, 0.3) is 0 Å². The molecular weight excluding hydrogens is 404 g/mol. The molecule has 164 valence electrons. The highest BCUT2D eigenvalue weighted by atomic mass is 35.5. The zero-order valence-corrected chi connectivity index (χ0v) is 18.0.